The van der Waals surface area contributed by atoms with Crippen LogP contribution in [0.15, 0.2) is 24.3 Å². The number of nitrogens with two attached hydrogens (primary N) is 1. The van der Waals surface area contributed by atoms with Gasteiger partial charge in [0.1, 0.15) is 5.82 Å². The first-order valence-corrected chi connectivity index (χ1v) is 6.25. The molecule has 0 aliphatic rings. The number of ketones is 1. The molecule has 2 rings (SSSR count). The summed E-state index contributed by atoms with van der Waals surface area (Å²) < 4.78 is 27.2. The van der Waals surface area contributed by atoms with Crippen molar-refractivity contribution in [3.63, 3.8) is 0 Å². The van der Waals surface area contributed by atoms with Crippen molar-refractivity contribution in [2.24, 2.45) is 0 Å². The molecule has 0 bridgehead atoms. The molecule has 0 fully saturated rings. The quantitative estimate of drug-likeness (QED) is 0.671. The molecule has 0 amide bonds. The van der Waals surface area contributed by atoms with Gasteiger partial charge in [-0.15, -0.1) is 0 Å². The Bertz CT molecular complexity index is 714. The van der Waals surface area contributed by atoms with Gasteiger partial charge in [-0.1, -0.05) is 11.6 Å². The van der Waals surface area contributed by atoms with E-state index in [0.717, 1.165) is 23.3 Å². The molecule has 20 heavy (non-hydrogen) atoms. The Hall–Kier alpha value is -1.94. The number of benzene rings is 2. The molecule has 0 spiro atoms. The molecule has 0 heterocycles. The first-order valence-electron chi connectivity index (χ1n) is 5.87. The SMILES string of the molecule is Cc1cc(Cl)c(C(=O)c2cc(F)cc(N)c2F)cc1C. The van der Waals surface area contributed by atoms with E-state index < -0.39 is 28.7 Å². The topological polar surface area (TPSA) is 43.1 Å². The van der Waals surface area contributed by atoms with E-state index in [1.165, 1.54) is 0 Å². The van der Waals surface area contributed by atoms with Gasteiger partial charge in [0.25, 0.3) is 0 Å². The Kier molecular flexibility index (Phi) is 3.77. The summed E-state index contributed by atoms with van der Waals surface area (Å²) in [5.74, 6) is -2.40. The standard InChI is InChI=1S/C15H12ClF2NO/c1-7-3-10(12(16)4-8(7)2)15(20)11-5-9(17)6-13(19)14(11)18/h3-6H,19H2,1-2H3. The van der Waals surface area contributed by atoms with Gasteiger partial charge in [0.15, 0.2) is 11.6 Å². The number of nitrogen functional groups attached to an aromatic ring is 1. The zero-order chi connectivity index (χ0) is 15.0. The van der Waals surface area contributed by atoms with Crippen LogP contribution in [-0.2, 0) is 0 Å². The lowest BCUT2D eigenvalue weighted by molar-refractivity contribution is 0.103. The minimum absolute atomic E-state index is 0.124. The number of carbonyl (C=O) groups excluding carboxylic acids is 1. The lowest BCUT2D eigenvalue weighted by Crippen LogP contribution is -2.09. The number of aryl methyl sites for hydroxylation is 2. The molecule has 0 aliphatic carbocycles. The highest BCUT2D eigenvalue weighted by atomic mass is 35.5. The van der Waals surface area contributed by atoms with Crippen molar-refractivity contribution >= 4 is 23.1 Å². The van der Waals surface area contributed by atoms with Gasteiger partial charge in [0, 0.05) is 5.56 Å². The number of hydrogen-bond acceptors (Lipinski definition) is 2. The Morgan fingerprint density at radius 3 is 2.30 bits per heavy atom. The largest absolute Gasteiger partial charge is 0.396 e. The Morgan fingerprint density at radius 2 is 1.65 bits per heavy atom. The van der Waals surface area contributed by atoms with E-state index in [-0.39, 0.29) is 10.6 Å². The Labute approximate surface area is 120 Å². The average Bonchev–Trinajstić information content (AvgIpc) is 2.37. The predicted molar refractivity (Wildman–Crippen MR) is 75.1 cm³/mol. The van der Waals surface area contributed by atoms with Crippen LogP contribution in [0, 0.1) is 25.5 Å². The maximum Gasteiger partial charge on any atom is 0.197 e. The minimum Gasteiger partial charge on any atom is -0.396 e. The fourth-order valence-corrected chi connectivity index (χ4v) is 2.18. The molecule has 0 aromatic heterocycles. The number of rotatable bonds is 2. The van der Waals surface area contributed by atoms with E-state index in [2.05, 4.69) is 0 Å². The summed E-state index contributed by atoms with van der Waals surface area (Å²) in [4.78, 5) is 12.3. The van der Waals surface area contributed by atoms with E-state index in [1.807, 2.05) is 6.92 Å². The number of carbonyl (C=O) groups is 1. The third-order valence-electron chi connectivity index (χ3n) is 3.14. The molecular weight excluding hydrogens is 284 g/mol. The Balaban J connectivity index is 2.60. The summed E-state index contributed by atoms with van der Waals surface area (Å²) in [5, 5.41) is 0.195. The van der Waals surface area contributed by atoms with E-state index >= 15 is 0 Å². The van der Waals surface area contributed by atoms with Gasteiger partial charge in [-0.25, -0.2) is 8.78 Å². The van der Waals surface area contributed by atoms with Crippen LogP contribution in [-0.4, -0.2) is 5.78 Å². The van der Waals surface area contributed by atoms with Gasteiger partial charge >= 0.3 is 0 Å². The van der Waals surface area contributed by atoms with Crippen LogP contribution < -0.4 is 5.73 Å². The molecule has 0 saturated carbocycles. The highest BCUT2D eigenvalue weighted by Crippen LogP contribution is 2.26. The van der Waals surface area contributed by atoms with Crippen LogP contribution in [0.2, 0.25) is 5.02 Å². The van der Waals surface area contributed by atoms with Crippen molar-refractivity contribution in [2.75, 3.05) is 5.73 Å². The van der Waals surface area contributed by atoms with Crippen molar-refractivity contribution in [3.05, 3.63) is 63.2 Å². The van der Waals surface area contributed by atoms with Crippen molar-refractivity contribution in [1.29, 1.82) is 0 Å². The maximum atomic E-state index is 13.9. The second kappa shape index (κ2) is 5.21. The minimum atomic E-state index is -0.939. The van der Waals surface area contributed by atoms with Gasteiger partial charge in [-0.3, -0.25) is 4.79 Å². The number of anilines is 1. The van der Waals surface area contributed by atoms with Crippen molar-refractivity contribution in [1.82, 2.24) is 0 Å². The molecule has 104 valence electrons. The molecule has 0 unspecified atom stereocenters. The first kappa shape index (κ1) is 14.5. The van der Waals surface area contributed by atoms with Gasteiger partial charge < -0.3 is 5.73 Å². The van der Waals surface area contributed by atoms with Gasteiger partial charge in [-0.2, -0.15) is 0 Å². The zero-order valence-electron chi connectivity index (χ0n) is 10.9. The molecule has 0 radical (unpaired) electrons. The molecule has 0 saturated heterocycles. The molecular formula is C15H12ClF2NO. The molecule has 0 atom stereocenters. The van der Waals surface area contributed by atoms with Gasteiger partial charge in [0.05, 0.1) is 16.3 Å². The third-order valence-corrected chi connectivity index (χ3v) is 3.45. The van der Waals surface area contributed by atoms with E-state index in [9.17, 15) is 13.6 Å². The first-order chi connectivity index (χ1) is 9.31. The van der Waals surface area contributed by atoms with Gasteiger partial charge in [0.2, 0.25) is 0 Å². The van der Waals surface area contributed by atoms with Crippen LogP contribution in [0.1, 0.15) is 27.0 Å². The lowest BCUT2D eigenvalue weighted by Gasteiger charge is -2.09. The van der Waals surface area contributed by atoms with E-state index in [0.29, 0.717) is 0 Å². The second-order valence-corrected chi connectivity index (χ2v) is 5.01. The summed E-state index contributed by atoms with van der Waals surface area (Å²) in [6.45, 7) is 3.65. The fraction of sp³-hybridized carbons (Fsp3) is 0.133. The smallest absolute Gasteiger partial charge is 0.197 e. The zero-order valence-corrected chi connectivity index (χ0v) is 11.7. The van der Waals surface area contributed by atoms with Crippen molar-refractivity contribution in [2.45, 2.75) is 13.8 Å². The lowest BCUT2D eigenvalue weighted by atomic mass is 9.98. The number of hydrogen-bond donors (Lipinski definition) is 1. The molecule has 2 aromatic carbocycles. The van der Waals surface area contributed by atoms with Crippen LogP contribution in [0.4, 0.5) is 14.5 Å². The van der Waals surface area contributed by atoms with E-state index in [4.69, 9.17) is 17.3 Å². The summed E-state index contributed by atoms with van der Waals surface area (Å²) >= 11 is 6.01. The monoisotopic (exact) mass is 295 g/mol. The summed E-state index contributed by atoms with van der Waals surface area (Å²) in [6, 6.07) is 4.82. The highest BCUT2D eigenvalue weighted by Gasteiger charge is 2.20. The third kappa shape index (κ3) is 2.51. The number of halogens is 3. The molecule has 5 heteroatoms. The summed E-state index contributed by atoms with van der Waals surface area (Å²) in [6.07, 6.45) is 0. The van der Waals surface area contributed by atoms with Crippen LogP contribution >= 0.6 is 11.6 Å². The molecule has 2 nitrogen and oxygen atoms in total. The van der Waals surface area contributed by atoms with Crippen LogP contribution in [0.25, 0.3) is 0 Å². The molecule has 0 aliphatic heterocycles. The van der Waals surface area contributed by atoms with Crippen molar-refractivity contribution in [3.8, 4) is 0 Å². The molecule has 2 aromatic rings. The van der Waals surface area contributed by atoms with Crippen LogP contribution in [0.5, 0.6) is 0 Å². The highest BCUT2D eigenvalue weighted by molar-refractivity contribution is 6.35. The van der Waals surface area contributed by atoms with E-state index in [1.54, 1.807) is 19.1 Å². The summed E-state index contributed by atoms with van der Waals surface area (Å²) in [5.41, 5.74) is 6.36. The van der Waals surface area contributed by atoms with Crippen LogP contribution in [0.3, 0.4) is 0 Å². The average molecular weight is 296 g/mol. The molecule has 2 N–H and O–H groups in total. The maximum absolute atomic E-state index is 13.9. The Morgan fingerprint density at radius 1 is 1.05 bits per heavy atom. The van der Waals surface area contributed by atoms with Crippen molar-refractivity contribution < 1.29 is 13.6 Å². The normalized spacial score (nSPS) is 10.7. The second-order valence-electron chi connectivity index (χ2n) is 4.60. The summed E-state index contributed by atoms with van der Waals surface area (Å²) in [7, 11) is 0. The van der Waals surface area contributed by atoms with Gasteiger partial charge in [-0.05, 0) is 49.2 Å². The predicted octanol–water partition coefficient (Wildman–Crippen LogP) is 4.05. The fourth-order valence-electron chi connectivity index (χ4n) is 1.88.